The molecule has 0 spiro atoms. The Morgan fingerprint density at radius 3 is 2.57 bits per heavy atom. The third-order valence-electron chi connectivity index (χ3n) is 6.18. The van der Waals surface area contributed by atoms with Crippen molar-refractivity contribution in [2.24, 2.45) is 10.9 Å². The fraction of sp³-hybridized carbons (Fsp3) is 0.652. The number of aliphatic imine (C=N–C) groups is 1. The molecule has 1 fully saturated rings. The van der Waals surface area contributed by atoms with Crippen LogP contribution in [0.5, 0.6) is 0 Å². The van der Waals surface area contributed by atoms with Crippen LogP contribution in [0, 0.1) is 12.8 Å². The second kappa shape index (κ2) is 10.8. The van der Waals surface area contributed by atoms with E-state index in [1.165, 1.54) is 5.52 Å². The van der Waals surface area contributed by atoms with Crippen LogP contribution in [0.4, 0.5) is 0 Å². The number of para-hydroxylation sites is 2. The zero-order valence-corrected chi connectivity index (χ0v) is 19.4. The molecule has 166 valence electrons. The Hall–Kier alpha value is -2.12. The summed E-state index contributed by atoms with van der Waals surface area (Å²) in [6.07, 6.45) is 1.02. The smallest absolute Gasteiger partial charge is 0.191 e. The van der Waals surface area contributed by atoms with Crippen molar-refractivity contribution in [2.75, 3.05) is 53.4 Å². The first-order valence-corrected chi connectivity index (χ1v) is 11.3. The van der Waals surface area contributed by atoms with Gasteiger partial charge < -0.3 is 20.1 Å². The summed E-state index contributed by atoms with van der Waals surface area (Å²) in [4.78, 5) is 14.1. The Bertz CT molecular complexity index is 818. The Labute approximate surface area is 181 Å². The van der Waals surface area contributed by atoms with E-state index in [9.17, 15) is 0 Å². The first kappa shape index (κ1) is 22.6. The van der Waals surface area contributed by atoms with Gasteiger partial charge in [-0.2, -0.15) is 0 Å². The molecular formula is C23H39N7. The van der Waals surface area contributed by atoms with Crippen molar-refractivity contribution in [2.45, 2.75) is 39.8 Å². The van der Waals surface area contributed by atoms with Crippen molar-refractivity contribution in [1.82, 2.24) is 30.0 Å². The maximum atomic E-state index is 4.66. The lowest BCUT2D eigenvalue weighted by Gasteiger charge is -2.40. The Morgan fingerprint density at radius 1 is 1.13 bits per heavy atom. The fourth-order valence-electron chi connectivity index (χ4n) is 4.28. The van der Waals surface area contributed by atoms with E-state index in [2.05, 4.69) is 81.0 Å². The number of rotatable bonds is 8. The molecule has 0 saturated carbocycles. The molecule has 1 aromatic carbocycles. The van der Waals surface area contributed by atoms with E-state index in [4.69, 9.17) is 0 Å². The molecule has 1 aromatic heterocycles. The van der Waals surface area contributed by atoms with Crippen LogP contribution in [0.2, 0.25) is 0 Å². The largest absolute Gasteiger partial charge is 0.356 e. The Balaban J connectivity index is 1.45. The molecule has 0 bridgehead atoms. The molecular weight excluding hydrogens is 374 g/mol. The lowest BCUT2D eigenvalue weighted by Crippen LogP contribution is -2.55. The van der Waals surface area contributed by atoms with Gasteiger partial charge in [-0.3, -0.25) is 9.89 Å². The second-order valence-corrected chi connectivity index (χ2v) is 8.68. The number of hydrogen-bond acceptors (Lipinski definition) is 4. The van der Waals surface area contributed by atoms with Gasteiger partial charge in [0.25, 0.3) is 0 Å². The first-order chi connectivity index (χ1) is 14.5. The molecule has 1 atom stereocenters. The number of hydrogen-bond donors (Lipinski definition) is 2. The van der Waals surface area contributed by atoms with E-state index in [1.54, 1.807) is 0 Å². The summed E-state index contributed by atoms with van der Waals surface area (Å²) in [7, 11) is 4.06. The molecule has 7 nitrogen and oxygen atoms in total. The molecule has 2 heterocycles. The number of fused-ring (bicyclic) bond motifs is 1. The Kier molecular flexibility index (Phi) is 8.10. The minimum Gasteiger partial charge on any atom is -0.356 e. The quantitative estimate of drug-likeness (QED) is 0.395. The number of likely N-dealkylation sites (N-methyl/N-ethyl adjacent to an activating group) is 1. The zero-order valence-electron chi connectivity index (χ0n) is 19.4. The number of nitrogens with one attached hydrogen (secondary N) is 2. The minimum atomic E-state index is 0.525. The average molecular weight is 414 g/mol. The van der Waals surface area contributed by atoms with Gasteiger partial charge in [0.05, 0.1) is 11.0 Å². The summed E-state index contributed by atoms with van der Waals surface area (Å²) < 4.78 is 2.30. The van der Waals surface area contributed by atoms with Crippen LogP contribution in [0.15, 0.2) is 29.3 Å². The molecule has 0 radical (unpaired) electrons. The standard InChI is InChI=1S/C23H39N7/c1-18(2)22(29-15-13-28(5)14-16-29)17-26-23(24-4)25-11-8-12-30-19(3)27-20-9-6-7-10-21(20)30/h6-7,9-10,18,22H,8,11-17H2,1-5H3,(H2,24,25,26). The normalized spacial score (nSPS) is 17.6. The monoisotopic (exact) mass is 413 g/mol. The van der Waals surface area contributed by atoms with E-state index in [-0.39, 0.29) is 0 Å². The highest BCUT2D eigenvalue weighted by molar-refractivity contribution is 5.79. The van der Waals surface area contributed by atoms with Gasteiger partial charge >= 0.3 is 0 Å². The van der Waals surface area contributed by atoms with Crippen molar-refractivity contribution in [1.29, 1.82) is 0 Å². The SMILES string of the molecule is CN=C(NCCCn1c(C)nc2ccccc21)NCC(C(C)C)N1CCN(C)CC1. The number of imidazole rings is 1. The van der Waals surface area contributed by atoms with Crippen molar-refractivity contribution in [3.63, 3.8) is 0 Å². The first-order valence-electron chi connectivity index (χ1n) is 11.3. The summed E-state index contributed by atoms with van der Waals surface area (Å²) in [5.74, 6) is 2.57. The highest BCUT2D eigenvalue weighted by atomic mass is 15.3. The van der Waals surface area contributed by atoms with Gasteiger partial charge in [0, 0.05) is 58.9 Å². The van der Waals surface area contributed by atoms with Gasteiger partial charge in [-0.1, -0.05) is 26.0 Å². The molecule has 1 aliphatic heterocycles. The molecule has 2 N–H and O–H groups in total. The number of piperazine rings is 1. The topological polar surface area (TPSA) is 60.7 Å². The number of aromatic nitrogens is 2. The summed E-state index contributed by atoms with van der Waals surface area (Å²) >= 11 is 0. The average Bonchev–Trinajstić information content (AvgIpc) is 3.05. The lowest BCUT2D eigenvalue weighted by atomic mass is 10.0. The van der Waals surface area contributed by atoms with Crippen LogP contribution in [0.1, 0.15) is 26.1 Å². The van der Waals surface area contributed by atoms with Gasteiger partial charge in [-0.15, -0.1) is 0 Å². The van der Waals surface area contributed by atoms with Crippen LogP contribution < -0.4 is 10.6 Å². The molecule has 0 amide bonds. The minimum absolute atomic E-state index is 0.525. The fourth-order valence-corrected chi connectivity index (χ4v) is 4.28. The van der Waals surface area contributed by atoms with Gasteiger partial charge in [-0.05, 0) is 38.4 Å². The predicted octanol–water partition coefficient (Wildman–Crippen LogP) is 2.17. The molecule has 3 rings (SSSR count). The maximum absolute atomic E-state index is 4.66. The van der Waals surface area contributed by atoms with E-state index < -0.39 is 0 Å². The molecule has 0 aliphatic carbocycles. The number of benzene rings is 1. The summed E-state index contributed by atoms with van der Waals surface area (Å²) in [6, 6.07) is 8.87. The number of nitrogens with zero attached hydrogens (tertiary/aromatic N) is 5. The van der Waals surface area contributed by atoms with Crippen molar-refractivity contribution < 1.29 is 0 Å². The molecule has 30 heavy (non-hydrogen) atoms. The van der Waals surface area contributed by atoms with E-state index >= 15 is 0 Å². The van der Waals surface area contributed by atoms with E-state index in [1.807, 2.05) is 13.1 Å². The predicted molar refractivity (Wildman–Crippen MR) is 126 cm³/mol. The molecule has 1 saturated heterocycles. The highest BCUT2D eigenvalue weighted by Crippen LogP contribution is 2.16. The van der Waals surface area contributed by atoms with Crippen LogP contribution in [-0.4, -0.2) is 84.7 Å². The maximum Gasteiger partial charge on any atom is 0.191 e. The van der Waals surface area contributed by atoms with Gasteiger partial charge in [-0.25, -0.2) is 4.98 Å². The second-order valence-electron chi connectivity index (χ2n) is 8.68. The van der Waals surface area contributed by atoms with Crippen LogP contribution in [0.3, 0.4) is 0 Å². The van der Waals surface area contributed by atoms with Gasteiger partial charge in [0.2, 0.25) is 0 Å². The number of guanidine groups is 1. The third-order valence-corrected chi connectivity index (χ3v) is 6.18. The van der Waals surface area contributed by atoms with Crippen LogP contribution in [-0.2, 0) is 6.54 Å². The van der Waals surface area contributed by atoms with E-state index in [0.29, 0.717) is 12.0 Å². The van der Waals surface area contributed by atoms with Crippen molar-refractivity contribution in [3.05, 3.63) is 30.1 Å². The summed E-state index contributed by atoms with van der Waals surface area (Å²) in [5.41, 5.74) is 2.29. The Morgan fingerprint density at radius 2 is 1.87 bits per heavy atom. The molecule has 1 aliphatic rings. The van der Waals surface area contributed by atoms with Gasteiger partial charge in [0.15, 0.2) is 5.96 Å². The molecule has 1 unspecified atom stereocenters. The van der Waals surface area contributed by atoms with Gasteiger partial charge in [0.1, 0.15) is 5.82 Å². The van der Waals surface area contributed by atoms with Crippen molar-refractivity contribution in [3.8, 4) is 0 Å². The van der Waals surface area contributed by atoms with Crippen LogP contribution in [0.25, 0.3) is 11.0 Å². The molecule has 7 heteroatoms. The number of aryl methyl sites for hydroxylation is 2. The van der Waals surface area contributed by atoms with Crippen molar-refractivity contribution >= 4 is 17.0 Å². The zero-order chi connectivity index (χ0) is 21.5. The van der Waals surface area contributed by atoms with Crippen LogP contribution >= 0.6 is 0 Å². The summed E-state index contributed by atoms with van der Waals surface area (Å²) in [5, 5.41) is 7.04. The molecule has 2 aromatic rings. The third kappa shape index (κ3) is 5.73. The summed E-state index contributed by atoms with van der Waals surface area (Å²) in [6.45, 7) is 14.1. The van der Waals surface area contributed by atoms with E-state index in [0.717, 1.165) is 69.5 Å². The highest BCUT2D eigenvalue weighted by Gasteiger charge is 2.25. The lowest BCUT2D eigenvalue weighted by molar-refractivity contribution is 0.0900.